The predicted octanol–water partition coefficient (Wildman–Crippen LogP) is 3.98. The van der Waals surface area contributed by atoms with Gasteiger partial charge in [0, 0.05) is 28.4 Å². The number of benzene rings is 2. The summed E-state index contributed by atoms with van der Waals surface area (Å²) in [5, 5.41) is 13.3. The molecule has 0 amide bonds. The Kier molecular flexibility index (Phi) is 3.78. The molecule has 0 saturated carbocycles. The number of hydrogen-bond acceptors (Lipinski definition) is 3. The topological polar surface area (TPSA) is 42.4 Å². The lowest BCUT2D eigenvalue weighted by Crippen LogP contribution is -2.03. The Morgan fingerprint density at radius 2 is 2.00 bits per heavy atom. The van der Waals surface area contributed by atoms with E-state index in [1.165, 1.54) is 0 Å². The van der Waals surface area contributed by atoms with Crippen LogP contribution in [0, 0.1) is 0 Å². The number of fused-ring (bicyclic) bond motifs is 1. The molecule has 3 nitrogen and oxygen atoms in total. The van der Waals surface area contributed by atoms with Gasteiger partial charge in [-0.3, -0.25) is 4.98 Å². The molecule has 21 heavy (non-hydrogen) atoms. The van der Waals surface area contributed by atoms with E-state index in [0.717, 1.165) is 16.3 Å². The first-order valence-electron chi connectivity index (χ1n) is 6.55. The molecule has 0 aliphatic carbocycles. The van der Waals surface area contributed by atoms with Crippen molar-refractivity contribution in [3.05, 3.63) is 71.0 Å². The number of methoxy groups -OCH3 is 1. The van der Waals surface area contributed by atoms with Gasteiger partial charge in [-0.05, 0) is 35.2 Å². The van der Waals surface area contributed by atoms with E-state index in [1.54, 1.807) is 37.7 Å². The lowest BCUT2D eigenvalue weighted by molar-refractivity contribution is 0.216. The summed E-state index contributed by atoms with van der Waals surface area (Å²) in [7, 11) is 1.58. The highest BCUT2D eigenvalue weighted by Gasteiger charge is 2.18. The third-order valence-electron chi connectivity index (χ3n) is 3.50. The van der Waals surface area contributed by atoms with E-state index >= 15 is 0 Å². The van der Waals surface area contributed by atoms with Gasteiger partial charge >= 0.3 is 0 Å². The summed E-state index contributed by atoms with van der Waals surface area (Å²) < 4.78 is 5.32. The number of nitrogens with zero attached hydrogens (tertiary/aromatic N) is 1. The molecule has 0 radical (unpaired) electrons. The summed E-state index contributed by atoms with van der Waals surface area (Å²) in [4.78, 5) is 4.11. The molecule has 0 aliphatic rings. The van der Waals surface area contributed by atoms with Gasteiger partial charge in [0.05, 0.1) is 7.11 Å². The Morgan fingerprint density at radius 3 is 2.81 bits per heavy atom. The molecule has 0 fully saturated rings. The van der Waals surface area contributed by atoms with E-state index in [2.05, 4.69) is 4.98 Å². The normalized spacial score (nSPS) is 12.3. The fraction of sp³-hybridized carbons (Fsp3) is 0.118. The maximum atomic E-state index is 10.8. The summed E-state index contributed by atoms with van der Waals surface area (Å²) in [6.45, 7) is 0. The van der Waals surface area contributed by atoms with Crippen molar-refractivity contribution in [3.63, 3.8) is 0 Å². The van der Waals surface area contributed by atoms with Gasteiger partial charge in [-0.1, -0.05) is 29.8 Å². The number of aliphatic hydroxyl groups excluding tert-OH is 1. The van der Waals surface area contributed by atoms with Crippen molar-refractivity contribution in [1.82, 2.24) is 4.98 Å². The van der Waals surface area contributed by atoms with Gasteiger partial charge < -0.3 is 9.84 Å². The SMILES string of the molecule is COc1ccc(Cl)cc1C(O)c1cccc2cnccc12. The summed E-state index contributed by atoms with van der Waals surface area (Å²) in [5.74, 6) is 0.609. The Bertz CT molecular complexity index is 783. The van der Waals surface area contributed by atoms with Crippen molar-refractivity contribution in [1.29, 1.82) is 0 Å². The van der Waals surface area contributed by atoms with Gasteiger partial charge in [-0.15, -0.1) is 0 Å². The molecule has 0 saturated heterocycles. The van der Waals surface area contributed by atoms with Gasteiger partial charge in [-0.2, -0.15) is 0 Å². The first-order chi connectivity index (χ1) is 10.2. The number of rotatable bonds is 3. The minimum Gasteiger partial charge on any atom is -0.496 e. The van der Waals surface area contributed by atoms with Crippen LogP contribution in [0.1, 0.15) is 17.2 Å². The van der Waals surface area contributed by atoms with Crippen LogP contribution in [0.3, 0.4) is 0 Å². The lowest BCUT2D eigenvalue weighted by atomic mass is 9.96. The van der Waals surface area contributed by atoms with Gasteiger partial charge in [0.25, 0.3) is 0 Å². The van der Waals surface area contributed by atoms with Crippen LogP contribution in [-0.4, -0.2) is 17.2 Å². The third kappa shape index (κ3) is 2.58. The second kappa shape index (κ2) is 5.72. The monoisotopic (exact) mass is 299 g/mol. The predicted molar refractivity (Wildman–Crippen MR) is 83.8 cm³/mol. The van der Waals surface area contributed by atoms with E-state index in [-0.39, 0.29) is 0 Å². The molecule has 0 aliphatic heterocycles. The van der Waals surface area contributed by atoms with Gasteiger partial charge in [0.15, 0.2) is 0 Å². The fourth-order valence-electron chi connectivity index (χ4n) is 2.47. The summed E-state index contributed by atoms with van der Waals surface area (Å²) >= 11 is 6.05. The minimum atomic E-state index is -0.815. The lowest BCUT2D eigenvalue weighted by Gasteiger charge is -2.17. The molecule has 106 valence electrons. The van der Waals surface area contributed by atoms with E-state index < -0.39 is 6.10 Å². The van der Waals surface area contributed by atoms with Gasteiger partial charge in [-0.25, -0.2) is 0 Å². The zero-order valence-electron chi connectivity index (χ0n) is 11.5. The van der Waals surface area contributed by atoms with Crippen molar-refractivity contribution < 1.29 is 9.84 Å². The third-order valence-corrected chi connectivity index (χ3v) is 3.73. The van der Waals surface area contributed by atoms with Crippen LogP contribution in [0.5, 0.6) is 5.75 Å². The summed E-state index contributed by atoms with van der Waals surface area (Å²) in [5.41, 5.74) is 1.45. The Morgan fingerprint density at radius 1 is 1.14 bits per heavy atom. The van der Waals surface area contributed by atoms with Crippen LogP contribution in [0.25, 0.3) is 10.8 Å². The van der Waals surface area contributed by atoms with Crippen molar-refractivity contribution >= 4 is 22.4 Å². The Hall–Kier alpha value is -2.10. The quantitative estimate of drug-likeness (QED) is 0.795. The van der Waals surface area contributed by atoms with Crippen molar-refractivity contribution in [3.8, 4) is 5.75 Å². The van der Waals surface area contributed by atoms with Crippen LogP contribution in [0.4, 0.5) is 0 Å². The smallest absolute Gasteiger partial charge is 0.125 e. The molecule has 1 heterocycles. The molecule has 1 aromatic heterocycles. The molecule has 4 heteroatoms. The number of hydrogen-bond donors (Lipinski definition) is 1. The number of halogens is 1. The first kappa shape index (κ1) is 13.9. The maximum absolute atomic E-state index is 10.8. The molecule has 0 spiro atoms. The molecular formula is C17H14ClNO2. The van der Waals surface area contributed by atoms with E-state index in [0.29, 0.717) is 16.3 Å². The molecule has 0 bridgehead atoms. The average Bonchev–Trinajstić information content (AvgIpc) is 2.53. The van der Waals surface area contributed by atoms with Crippen molar-refractivity contribution in [2.45, 2.75) is 6.10 Å². The van der Waals surface area contributed by atoms with E-state index in [4.69, 9.17) is 16.3 Å². The molecule has 1 unspecified atom stereocenters. The highest BCUT2D eigenvalue weighted by molar-refractivity contribution is 6.30. The highest BCUT2D eigenvalue weighted by atomic mass is 35.5. The van der Waals surface area contributed by atoms with Crippen LogP contribution >= 0.6 is 11.6 Å². The molecule has 1 N–H and O–H groups in total. The van der Waals surface area contributed by atoms with Crippen LogP contribution in [0.2, 0.25) is 5.02 Å². The molecule has 3 rings (SSSR count). The average molecular weight is 300 g/mol. The number of aromatic nitrogens is 1. The van der Waals surface area contributed by atoms with Crippen molar-refractivity contribution in [2.75, 3.05) is 7.11 Å². The molecule has 1 atom stereocenters. The minimum absolute atomic E-state index is 0.562. The van der Waals surface area contributed by atoms with E-state index in [1.807, 2.05) is 24.3 Å². The number of pyridine rings is 1. The summed E-state index contributed by atoms with van der Waals surface area (Å²) in [6, 6.07) is 12.9. The van der Waals surface area contributed by atoms with Crippen LogP contribution in [0.15, 0.2) is 54.9 Å². The first-order valence-corrected chi connectivity index (χ1v) is 6.92. The standard InChI is InChI=1S/C17H14ClNO2/c1-21-16-6-5-12(18)9-15(16)17(20)14-4-2-3-11-10-19-8-7-13(11)14/h2-10,17,20H,1H3. The Labute approximate surface area is 127 Å². The van der Waals surface area contributed by atoms with Crippen LogP contribution < -0.4 is 4.74 Å². The van der Waals surface area contributed by atoms with E-state index in [9.17, 15) is 5.11 Å². The fourth-order valence-corrected chi connectivity index (χ4v) is 2.65. The highest BCUT2D eigenvalue weighted by Crippen LogP contribution is 2.34. The number of ether oxygens (including phenoxy) is 1. The zero-order valence-corrected chi connectivity index (χ0v) is 12.2. The van der Waals surface area contributed by atoms with Gasteiger partial charge in [0.2, 0.25) is 0 Å². The Balaban J connectivity index is 2.17. The summed E-state index contributed by atoms with van der Waals surface area (Å²) in [6.07, 6.45) is 2.68. The second-order valence-electron chi connectivity index (χ2n) is 4.73. The number of aliphatic hydroxyl groups is 1. The second-order valence-corrected chi connectivity index (χ2v) is 5.17. The van der Waals surface area contributed by atoms with Gasteiger partial charge in [0.1, 0.15) is 11.9 Å². The zero-order chi connectivity index (χ0) is 14.8. The largest absolute Gasteiger partial charge is 0.496 e. The maximum Gasteiger partial charge on any atom is 0.125 e. The van der Waals surface area contributed by atoms with Crippen LogP contribution in [-0.2, 0) is 0 Å². The molecule has 3 aromatic rings. The molecule has 2 aromatic carbocycles. The molecular weight excluding hydrogens is 286 g/mol. The van der Waals surface area contributed by atoms with Crippen molar-refractivity contribution in [2.24, 2.45) is 0 Å².